The Morgan fingerprint density at radius 3 is 2.14 bits per heavy atom. The summed E-state index contributed by atoms with van der Waals surface area (Å²) < 4.78 is 0. The van der Waals surface area contributed by atoms with Crippen LogP contribution in [0.15, 0.2) is 18.2 Å². The number of amides is 1. The predicted molar refractivity (Wildman–Crippen MR) is 84.0 cm³/mol. The van der Waals surface area contributed by atoms with Gasteiger partial charge in [0.25, 0.3) is 5.91 Å². The molecule has 1 N–H and O–H groups in total. The fraction of sp³-hybridized carbons (Fsp3) is 0.556. The summed E-state index contributed by atoms with van der Waals surface area (Å²) >= 11 is 0. The van der Waals surface area contributed by atoms with Crippen molar-refractivity contribution < 1.29 is 4.79 Å². The molecule has 1 aromatic carbocycles. The minimum Gasteiger partial charge on any atom is -0.334 e. The standard InChI is InChI=1S/C18H24N2O/c1-14-9-8-10-15(2)16(14)17(21)20-18(13-19)11-6-4-3-5-7-12-18/h8-10H,3-7,11-12H2,1-2H3,(H,20,21). The summed E-state index contributed by atoms with van der Waals surface area (Å²) in [5.74, 6) is -0.104. The molecule has 1 aromatic rings. The molecule has 0 heterocycles. The van der Waals surface area contributed by atoms with E-state index in [1.807, 2.05) is 32.0 Å². The molecule has 0 radical (unpaired) electrons. The second kappa shape index (κ2) is 6.76. The maximum Gasteiger partial charge on any atom is 0.253 e. The van der Waals surface area contributed by atoms with E-state index in [4.69, 9.17) is 0 Å². The molecule has 0 aliphatic heterocycles. The fourth-order valence-corrected chi connectivity index (χ4v) is 3.23. The average Bonchev–Trinajstić information content (AvgIpc) is 2.42. The van der Waals surface area contributed by atoms with Crippen LogP contribution in [-0.2, 0) is 0 Å². The molecule has 0 aromatic heterocycles. The smallest absolute Gasteiger partial charge is 0.253 e. The first-order valence-corrected chi connectivity index (χ1v) is 7.88. The second-order valence-corrected chi connectivity index (χ2v) is 6.18. The second-order valence-electron chi connectivity index (χ2n) is 6.18. The summed E-state index contributed by atoms with van der Waals surface area (Å²) in [7, 11) is 0. The summed E-state index contributed by atoms with van der Waals surface area (Å²) in [6.45, 7) is 3.89. The van der Waals surface area contributed by atoms with Gasteiger partial charge in [-0.15, -0.1) is 0 Å². The van der Waals surface area contributed by atoms with Crippen molar-refractivity contribution >= 4 is 5.91 Å². The molecule has 1 amide bonds. The lowest BCUT2D eigenvalue weighted by Crippen LogP contribution is -2.48. The van der Waals surface area contributed by atoms with Crippen LogP contribution >= 0.6 is 0 Å². The van der Waals surface area contributed by atoms with Crippen molar-refractivity contribution in [1.29, 1.82) is 5.26 Å². The Kier molecular flexibility index (Phi) is 5.01. The number of hydrogen-bond acceptors (Lipinski definition) is 2. The zero-order valence-electron chi connectivity index (χ0n) is 13.0. The molecule has 2 rings (SSSR count). The molecule has 3 nitrogen and oxygen atoms in total. The van der Waals surface area contributed by atoms with E-state index in [2.05, 4.69) is 11.4 Å². The van der Waals surface area contributed by atoms with E-state index >= 15 is 0 Å². The highest BCUT2D eigenvalue weighted by atomic mass is 16.1. The quantitative estimate of drug-likeness (QED) is 0.891. The molecule has 0 saturated heterocycles. The molecular weight excluding hydrogens is 260 g/mol. The Bertz CT molecular complexity index is 529. The van der Waals surface area contributed by atoms with E-state index in [1.54, 1.807) is 0 Å². The lowest BCUT2D eigenvalue weighted by atomic mass is 9.84. The van der Waals surface area contributed by atoms with Crippen LogP contribution in [0.2, 0.25) is 0 Å². The number of nitrogens with zero attached hydrogens (tertiary/aromatic N) is 1. The van der Waals surface area contributed by atoms with Crippen LogP contribution in [-0.4, -0.2) is 11.4 Å². The van der Waals surface area contributed by atoms with Gasteiger partial charge in [-0.1, -0.05) is 50.3 Å². The summed E-state index contributed by atoms with van der Waals surface area (Å²) in [6.07, 6.45) is 7.11. The summed E-state index contributed by atoms with van der Waals surface area (Å²) in [4.78, 5) is 12.7. The average molecular weight is 284 g/mol. The van der Waals surface area contributed by atoms with E-state index < -0.39 is 5.54 Å². The van der Waals surface area contributed by atoms with Gasteiger partial charge in [0.1, 0.15) is 5.54 Å². The van der Waals surface area contributed by atoms with Crippen molar-refractivity contribution in [2.75, 3.05) is 0 Å². The number of benzene rings is 1. The van der Waals surface area contributed by atoms with Gasteiger partial charge in [-0.25, -0.2) is 0 Å². The molecular formula is C18H24N2O. The van der Waals surface area contributed by atoms with E-state index in [1.165, 1.54) is 6.42 Å². The lowest BCUT2D eigenvalue weighted by Gasteiger charge is -2.30. The lowest BCUT2D eigenvalue weighted by molar-refractivity contribution is 0.0906. The monoisotopic (exact) mass is 284 g/mol. The zero-order chi connectivity index (χ0) is 15.3. The summed E-state index contributed by atoms with van der Waals surface area (Å²) in [5.41, 5.74) is 1.96. The summed E-state index contributed by atoms with van der Waals surface area (Å²) in [5, 5.41) is 12.7. The van der Waals surface area contributed by atoms with Crippen LogP contribution in [0.4, 0.5) is 0 Å². The van der Waals surface area contributed by atoms with Gasteiger partial charge in [0.05, 0.1) is 6.07 Å². The third-order valence-electron chi connectivity index (χ3n) is 4.48. The number of carbonyl (C=O) groups is 1. The molecule has 0 bridgehead atoms. The van der Waals surface area contributed by atoms with Crippen molar-refractivity contribution in [3.05, 3.63) is 34.9 Å². The number of hydrogen-bond donors (Lipinski definition) is 1. The minimum absolute atomic E-state index is 0.104. The highest BCUT2D eigenvalue weighted by molar-refractivity contribution is 5.97. The van der Waals surface area contributed by atoms with Crippen LogP contribution in [0.3, 0.4) is 0 Å². The van der Waals surface area contributed by atoms with Gasteiger partial charge < -0.3 is 5.32 Å². The normalized spacial score (nSPS) is 18.1. The molecule has 1 fully saturated rings. The van der Waals surface area contributed by atoms with Crippen molar-refractivity contribution in [3.8, 4) is 6.07 Å². The Balaban J connectivity index is 2.21. The van der Waals surface area contributed by atoms with Gasteiger partial charge in [-0.05, 0) is 37.8 Å². The Morgan fingerprint density at radius 1 is 1.10 bits per heavy atom. The Hall–Kier alpha value is -1.82. The van der Waals surface area contributed by atoms with E-state index in [-0.39, 0.29) is 5.91 Å². The van der Waals surface area contributed by atoms with E-state index in [0.29, 0.717) is 5.56 Å². The molecule has 0 spiro atoms. The van der Waals surface area contributed by atoms with Gasteiger partial charge in [0.2, 0.25) is 0 Å². The summed E-state index contributed by atoms with van der Waals surface area (Å²) in [6, 6.07) is 8.24. The Morgan fingerprint density at radius 2 is 1.62 bits per heavy atom. The van der Waals surface area contributed by atoms with Crippen molar-refractivity contribution in [1.82, 2.24) is 5.32 Å². The van der Waals surface area contributed by atoms with Crippen LogP contribution < -0.4 is 5.32 Å². The highest BCUT2D eigenvalue weighted by Crippen LogP contribution is 2.27. The number of rotatable bonds is 2. The highest BCUT2D eigenvalue weighted by Gasteiger charge is 2.32. The van der Waals surface area contributed by atoms with E-state index in [0.717, 1.165) is 49.7 Å². The van der Waals surface area contributed by atoms with Gasteiger partial charge in [-0.3, -0.25) is 4.79 Å². The molecule has 3 heteroatoms. The number of carbonyl (C=O) groups excluding carboxylic acids is 1. The number of aryl methyl sites for hydroxylation is 2. The SMILES string of the molecule is Cc1cccc(C)c1C(=O)NC1(C#N)CCCCCCC1. The number of nitrogens with one attached hydrogen (secondary N) is 1. The first-order chi connectivity index (χ1) is 10.1. The Labute approximate surface area is 127 Å². The maximum absolute atomic E-state index is 12.7. The fourth-order valence-electron chi connectivity index (χ4n) is 3.23. The van der Waals surface area contributed by atoms with Gasteiger partial charge in [-0.2, -0.15) is 5.26 Å². The van der Waals surface area contributed by atoms with Crippen LogP contribution in [0.1, 0.15) is 66.4 Å². The van der Waals surface area contributed by atoms with Crippen LogP contribution in [0.25, 0.3) is 0 Å². The first-order valence-electron chi connectivity index (χ1n) is 7.88. The molecule has 0 unspecified atom stereocenters. The molecule has 1 saturated carbocycles. The topological polar surface area (TPSA) is 52.9 Å². The van der Waals surface area contributed by atoms with E-state index in [9.17, 15) is 10.1 Å². The third kappa shape index (κ3) is 3.64. The molecule has 1 aliphatic carbocycles. The molecule has 0 atom stereocenters. The van der Waals surface area contributed by atoms with Gasteiger partial charge in [0.15, 0.2) is 0 Å². The van der Waals surface area contributed by atoms with Crippen LogP contribution in [0.5, 0.6) is 0 Å². The van der Waals surface area contributed by atoms with Gasteiger partial charge >= 0.3 is 0 Å². The predicted octanol–water partition coefficient (Wildman–Crippen LogP) is 4.04. The van der Waals surface area contributed by atoms with Crippen molar-refractivity contribution in [2.45, 2.75) is 64.3 Å². The molecule has 1 aliphatic rings. The van der Waals surface area contributed by atoms with Crippen LogP contribution in [0, 0.1) is 25.2 Å². The minimum atomic E-state index is -0.688. The van der Waals surface area contributed by atoms with Gasteiger partial charge in [0, 0.05) is 5.56 Å². The third-order valence-corrected chi connectivity index (χ3v) is 4.48. The number of nitriles is 1. The van der Waals surface area contributed by atoms with Crippen molar-refractivity contribution in [3.63, 3.8) is 0 Å². The molecule has 112 valence electrons. The molecule has 21 heavy (non-hydrogen) atoms. The first kappa shape index (κ1) is 15.6. The largest absolute Gasteiger partial charge is 0.334 e. The maximum atomic E-state index is 12.7. The zero-order valence-corrected chi connectivity index (χ0v) is 13.0. The van der Waals surface area contributed by atoms with Crippen molar-refractivity contribution in [2.24, 2.45) is 0 Å².